The lowest BCUT2D eigenvalue weighted by Gasteiger charge is -2.32. The maximum Gasteiger partial charge on any atom is 0.248 e. The van der Waals surface area contributed by atoms with Crippen LogP contribution in [0.4, 0.5) is 10.2 Å². The van der Waals surface area contributed by atoms with Gasteiger partial charge < -0.3 is 34.7 Å². The van der Waals surface area contributed by atoms with Crippen molar-refractivity contribution in [3.05, 3.63) is 58.2 Å². The van der Waals surface area contributed by atoms with E-state index in [1.165, 1.54) is 12.1 Å². The van der Waals surface area contributed by atoms with Crippen LogP contribution in [0.25, 0.3) is 11.1 Å². The van der Waals surface area contributed by atoms with Crippen LogP contribution in [0, 0.1) is 5.82 Å². The van der Waals surface area contributed by atoms with E-state index in [4.69, 9.17) is 53.0 Å². The number of anilines is 1. The average molecular weight is 641 g/mol. The van der Waals surface area contributed by atoms with E-state index in [1.54, 1.807) is 30.3 Å². The van der Waals surface area contributed by atoms with Crippen LogP contribution in [-0.2, 0) is 19.0 Å². The number of pyridine rings is 1. The molecule has 234 valence electrons. The number of carbonyl (C=O) groups excluding carboxylic acids is 1. The first-order valence-corrected chi connectivity index (χ1v) is 14.8. The standard InChI is InChI=1S/C29H36Cl2FN5O6/c1-19(27-23(30)2-3-24(32)28(27)31)43-25-14-20(15-34-29(25)33)21-16-35-37(17-21)22-4-6-36(7-5-22)26(39)18-42-13-12-41-11-10-40-9-8-38/h2-3,14-17,19,22,38H,4-13,18H2,1H3,(H2,33,34)/t19-/m1/s1. The number of nitrogen functional groups attached to an aromatic ring is 1. The fourth-order valence-electron chi connectivity index (χ4n) is 4.69. The number of hydrogen-bond acceptors (Lipinski definition) is 9. The number of nitrogens with zero attached hydrogens (tertiary/aromatic N) is 4. The van der Waals surface area contributed by atoms with Gasteiger partial charge in [-0.25, -0.2) is 9.37 Å². The molecule has 43 heavy (non-hydrogen) atoms. The Kier molecular flexibility index (Phi) is 12.4. The van der Waals surface area contributed by atoms with Gasteiger partial charge in [-0.3, -0.25) is 9.48 Å². The van der Waals surface area contributed by atoms with E-state index < -0.39 is 11.9 Å². The third-order valence-corrected chi connectivity index (χ3v) is 7.72. The Morgan fingerprint density at radius 2 is 1.79 bits per heavy atom. The third-order valence-electron chi connectivity index (χ3n) is 7.00. The predicted molar refractivity (Wildman–Crippen MR) is 160 cm³/mol. The van der Waals surface area contributed by atoms with Crippen LogP contribution in [0.2, 0.25) is 10.0 Å². The number of nitrogens with two attached hydrogens (primary N) is 1. The van der Waals surface area contributed by atoms with Gasteiger partial charge in [-0.1, -0.05) is 23.2 Å². The number of amides is 1. The molecule has 3 aromatic rings. The van der Waals surface area contributed by atoms with Crippen molar-refractivity contribution in [3.8, 4) is 16.9 Å². The van der Waals surface area contributed by atoms with Gasteiger partial charge in [0.15, 0.2) is 11.6 Å². The summed E-state index contributed by atoms with van der Waals surface area (Å²) in [6.07, 6.45) is 6.13. The van der Waals surface area contributed by atoms with Gasteiger partial charge in [0.2, 0.25) is 5.91 Å². The van der Waals surface area contributed by atoms with Gasteiger partial charge in [0, 0.05) is 47.2 Å². The second-order valence-corrected chi connectivity index (χ2v) is 10.7. The first-order valence-electron chi connectivity index (χ1n) is 14.0. The lowest BCUT2D eigenvalue weighted by Crippen LogP contribution is -2.41. The highest BCUT2D eigenvalue weighted by Gasteiger charge is 2.25. The van der Waals surface area contributed by atoms with E-state index in [2.05, 4.69) is 10.1 Å². The molecule has 1 fully saturated rings. The summed E-state index contributed by atoms with van der Waals surface area (Å²) >= 11 is 12.4. The largest absolute Gasteiger partial charge is 0.482 e. The minimum absolute atomic E-state index is 0.00569. The van der Waals surface area contributed by atoms with Crippen LogP contribution in [0.3, 0.4) is 0 Å². The fourth-order valence-corrected chi connectivity index (χ4v) is 5.37. The van der Waals surface area contributed by atoms with E-state index in [1.807, 2.05) is 10.9 Å². The number of rotatable bonds is 15. The predicted octanol–water partition coefficient (Wildman–Crippen LogP) is 4.32. The van der Waals surface area contributed by atoms with E-state index in [-0.39, 0.29) is 47.6 Å². The van der Waals surface area contributed by atoms with Crippen LogP contribution in [-0.4, -0.2) is 90.0 Å². The topological polar surface area (TPSA) is 134 Å². The van der Waals surface area contributed by atoms with Crippen molar-refractivity contribution in [2.45, 2.75) is 31.9 Å². The number of hydrogen-bond donors (Lipinski definition) is 2. The normalized spacial score (nSPS) is 14.7. The van der Waals surface area contributed by atoms with Gasteiger partial charge in [0.25, 0.3) is 0 Å². The van der Waals surface area contributed by atoms with Crippen LogP contribution < -0.4 is 10.5 Å². The minimum Gasteiger partial charge on any atom is -0.482 e. The molecule has 1 aliphatic rings. The molecule has 2 aromatic heterocycles. The summed E-state index contributed by atoms with van der Waals surface area (Å²) in [7, 11) is 0. The average Bonchev–Trinajstić information content (AvgIpc) is 3.50. The lowest BCUT2D eigenvalue weighted by molar-refractivity contribution is -0.138. The number of halogens is 3. The Balaban J connectivity index is 1.26. The van der Waals surface area contributed by atoms with Crippen molar-refractivity contribution < 1.29 is 33.2 Å². The van der Waals surface area contributed by atoms with E-state index in [9.17, 15) is 9.18 Å². The van der Waals surface area contributed by atoms with Gasteiger partial charge in [0.05, 0.1) is 56.9 Å². The van der Waals surface area contributed by atoms with Crippen molar-refractivity contribution in [1.82, 2.24) is 19.7 Å². The number of carbonyl (C=O) groups is 1. The summed E-state index contributed by atoms with van der Waals surface area (Å²) in [5.74, 6) is -0.168. The summed E-state index contributed by atoms with van der Waals surface area (Å²) in [5.41, 5.74) is 7.96. The summed E-state index contributed by atoms with van der Waals surface area (Å²) in [6.45, 7) is 4.68. The molecule has 14 heteroatoms. The molecule has 11 nitrogen and oxygen atoms in total. The van der Waals surface area contributed by atoms with Crippen LogP contribution in [0.15, 0.2) is 36.8 Å². The molecule has 0 radical (unpaired) electrons. The molecule has 3 heterocycles. The highest BCUT2D eigenvalue weighted by Crippen LogP contribution is 2.37. The van der Waals surface area contributed by atoms with Gasteiger partial charge in [-0.15, -0.1) is 0 Å². The lowest BCUT2D eigenvalue weighted by atomic mass is 10.1. The molecule has 0 saturated carbocycles. The summed E-state index contributed by atoms with van der Waals surface area (Å²) in [5, 5.41) is 13.4. The van der Waals surface area contributed by atoms with Crippen molar-refractivity contribution in [2.24, 2.45) is 0 Å². The Hall–Kier alpha value is -3.00. The number of aliphatic hydroxyl groups excluding tert-OH is 1. The molecular formula is C29H36Cl2FN5O6. The van der Waals surface area contributed by atoms with Gasteiger partial charge in [-0.2, -0.15) is 5.10 Å². The first kappa shape index (κ1) is 32.9. The van der Waals surface area contributed by atoms with E-state index >= 15 is 0 Å². The van der Waals surface area contributed by atoms with Crippen molar-refractivity contribution >= 4 is 34.9 Å². The molecule has 0 unspecified atom stereocenters. The Morgan fingerprint density at radius 1 is 1.09 bits per heavy atom. The van der Waals surface area contributed by atoms with Gasteiger partial charge >= 0.3 is 0 Å². The molecule has 0 aliphatic carbocycles. The number of aromatic nitrogens is 3. The van der Waals surface area contributed by atoms with Gasteiger partial charge in [-0.05, 0) is 38.0 Å². The van der Waals surface area contributed by atoms with Crippen molar-refractivity contribution in [2.75, 3.05) is 65.1 Å². The maximum absolute atomic E-state index is 14.0. The van der Waals surface area contributed by atoms with Crippen LogP contribution in [0.5, 0.6) is 5.75 Å². The summed E-state index contributed by atoms with van der Waals surface area (Å²) < 4.78 is 37.9. The molecular weight excluding hydrogens is 604 g/mol. The van der Waals surface area contributed by atoms with E-state index in [0.29, 0.717) is 50.8 Å². The molecule has 0 bridgehead atoms. The Labute approximate surface area is 259 Å². The number of likely N-dealkylation sites (tertiary alicyclic amines) is 1. The van der Waals surface area contributed by atoms with Crippen LogP contribution in [0.1, 0.15) is 37.5 Å². The monoisotopic (exact) mass is 639 g/mol. The molecule has 1 aromatic carbocycles. The Morgan fingerprint density at radius 3 is 2.51 bits per heavy atom. The molecule has 4 rings (SSSR count). The molecule has 0 spiro atoms. The van der Waals surface area contributed by atoms with Gasteiger partial charge in [0.1, 0.15) is 18.5 Å². The number of aliphatic hydroxyl groups is 1. The number of benzene rings is 1. The zero-order chi connectivity index (χ0) is 30.8. The SMILES string of the molecule is C[C@@H](Oc1cc(-c2cnn(C3CCN(C(=O)COCCOCCOCCO)CC3)c2)cnc1N)c1c(Cl)ccc(F)c1Cl. The fraction of sp³-hybridized carbons (Fsp3) is 0.483. The molecule has 1 aliphatic heterocycles. The first-order chi connectivity index (χ1) is 20.8. The second-order valence-electron chi connectivity index (χ2n) is 9.95. The number of ether oxygens (including phenoxy) is 4. The summed E-state index contributed by atoms with van der Waals surface area (Å²) in [4.78, 5) is 18.6. The zero-order valence-electron chi connectivity index (χ0n) is 23.9. The molecule has 1 saturated heterocycles. The third kappa shape index (κ3) is 9.01. The maximum atomic E-state index is 14.0. The summed E-state index contributed by atoms with van der Waals surface area (Å²) in [6, 6.07) is 4.51. The van der Waals surface area contributed by atoms with Crippen LogP contribution >= 0.6 is 23.2 Å². The minimum atomic E-state index is -0.688. The Bertz CT molecular complexity index is 1350. The van der Waals surface area contributed by atoms with E-state index in [0.717, 1.165) is 24.0 Å². The quantitative estimate of drug-likeness (QED) is 0.184. The molecule has 1 atom stereocenters. The highest BCUT2D eigenvalue weighted by molar-refractivity contribution is 6.36. The molecule has 3 N–H and O–H groups in total. The highest BCUT2D eigenvalue weighted by atomic mass is 35.5. The smallest absolute Gasteiger partial charge is 0.248 e. The van der Waals surface area contributed by atoms with Crippen molar-refractivity contribution in [3.63, 3.8) is 0 Å². The molecule has 1 amide bonds. The second kappa shape index (κ2) is 16.2. The van der Waals surface area contributed by atoms with Crippen molar-refractivity contribution in [1.29, 1.82) is 0 Å². The zero-order valence-corrected chi connectivity index (χ0v) is 25.4. The number of piperidine rings is 1.